The number of oxazole rings is 1. The van der Waals surface area contributed by atoms with Crippen LogP contribution in [0.3, 0.4) is 0 Å². The van der Waals surface area contributed by atoms with Crippen molar-refractivity contribution in [3.8, 4) is 22.6 Å². The number of rotatable bonds is 5. The molecule has 0 radical (unpaired) electrons. The molecule has 0 amide bonds. The quantitative estimate of drug-likeness (QED) is 0.758. The van der Waals surface area contributed by atoms with Crippen LogP contribution >= 0.6 is 0 Å². The van der Waals surface area contributed by atoms with E-state index in [0.29, 0.717) is 22.6 Å². The monoisotopic (exact) mass is 329 g/mol. The van der Waals surface area contributed by atoms with Crippen LogP contribution in [0.25, 0.3) is 22.6 Å². The minimum atomic E-state index is -0.969. The molecule has 3 rings (SSSR count). The highest BCUT2D eigenvalue weighted by Gasteiger charge is 2.18. The van der Waals surface area contributed by atoms with Gasteiger partial charge in [-0.1, -0.05) is 12.1 Å². The fourth-order valence-electron chi connectivity index (χ4n) is 2.31. The minimum Gasteiger partial charge on any atom is -0.481 e. The molecule has 0 aliphatic carbocycles. The number of aryl methyl sites for hydroxylation is 1. The number of nitrogens with zero attached hydrogens (tertiary/aromatic N) is 1. The smallest absolute Gasteiger partial charge is 0.303 e. The van der Waals surface area contributed by atoms with E-state index in [1.807, 2.05) is 0 Å². The molecule has 1 N–H and O–H groups in total. The molecule has 0 fully saturated rings. The van der Waals surface area contributed by atoms with Gasteiger partial charge in [0.1, 0.15) is 17.3 Å². The SMILES string of the molecule is O=C(O)CCc1nc(-c2ccc(F)cc2)c(-c2cccc(F)c2)o1. The lowest BCUT2D eigenvalue weighted by Crippen LogP contribution is -1.97. The van der Waals surface area contributed by atoms with Crippen LogP contribution in [0.5, 0.6) is 0 Å². The summed E-state index contributed by atoms with van der Waals surface area (Å²) in [7, 11) is 0. The molecule has 4 nitrogen and oxygen atoms in total. The molecule has 122 valence electrons. The third kappa shape index (κ3) is 3.48. The molecule has 0 spiro atoms. The zero-order chi connectivity index (χ0) is 17.1. The van der Waals surface area contributed by atoms with Crippen molar-refractivity contribution in [3.63, 3.8) is 0 Å². The molecule has 3 aromatic rings. The first kappa shape index (κ1) is 15.9. The van der Waals surface area contributed by atoms with Crippen molar-refractivity contribution in [1.29, 1.82) is 0 Å². The van der Waals surface area contributed by atoms with E-state index in [1.54, 1.807) is 12.1 Å². The molecule has 0 aliphatic rings. The molecular weight excluding hydrogens is 316 g/mol. The van der Waals surface area contributed by atoms with Crippen LogP contribution in [-0.4, -0.2) is 16.1 Å². The number of aromatic nitrogens is 1. The van der Waals surface area contributed by atoms with Gasteiger partial charge in [-0.15, -0.1) is 0 Å². The normalized spacial score (nSPS) is 10.8. The Morgan fingerprint density at radius 2 is 1.79 bits per heavy atom. The highest BCUT2D eigenvalue weighted by molar-refractivity contribution is 5.77. The van der Waals surface area contributed by atoms with E-state index in [9.17, 15) is 13.6 Å². The molecule has 1 heterocycles. The molecule has 0 saturated heterocycles. The largest absolute Gasteiger partial charge is 0.481 e. The van der Waals surface area contributed by atoms with E-state index in [-0.39, 0.29) is 24.5 Å². The number of aliphatic carboxylic acids is 1. The molecule has 0 unspecified atom stereocenters. The summed E-state index contributed by atoms with van der Waals surface area (Å²) in [5, 5.41) is 8.79. The lowest BCUT2D eigenvalue weighted by molar-refractivity contribution is -0.137. The van der Waals surface area contributed by atoms with Crippen molar-refractivity contribution in [2.75, 3.05) is 0 Å². The second-order valence-electron chi connectivity index (χ2n) is 5.20. The van der Waals surface area contributed by atoms with Crippen LogP contribution in [0.1, 0.15) is 12.3 Å². The van der Waals surface area contributed by atoms with E-state index in [0.717, 1.165) is 0 Å². The van der Waals surface area contributed by atoms with Crippen molar-refractivity contribution in [2.24, 2.45) is 0 Å². The molecule has 2 aromatic carbocycles. The predicted molar refractivity (Wildman–Crippen MR) is 83.2 cm³/mol. The number of hydrogen-bond donors (Lipinski definition) is 1. The first-order valence-corrected chi connectivity index (χ1v) is 7.26. The third-order valence-corrected chi connectivity index (χ3v) is 3.43. The zero-order valence-corrected chi connectivity index (χ0v) is 12.5. The summed E-state index contributed by atoms with van der Waals surface area (Å²) in [6.07, 6.45) is -0.0230. The van der Waals surface area contributed by atoms with Gasteiger partial charge < -0.3 is 9.52 Å². The summed E-state index contributed by atoms with van der Waals surface area (Å²) < 4.78 is 32.3. The maximum atomic E-state index is 13.5. The Balaban J connectivity index is 2.07. The average Bonchev–Trinajstić information content (AvgIpc) is 2.98. The molecule has 0 aliphatic heterocycles. The molecule has 1 aromatic heterocycles. The van der Waals surface area contributed by atoms with Gasteiger partial charge in [0.15, 0.2) is 11.7 Å². The van der Waals surface area contributed by atoms with Crippen molar-refractivity contribution in [2.45, 2.75) is 12.8 Å². The Morgan fingerprint density at radius 1 is 1.04 bits per heavy atom. The molecule has 0 bridgehead atoms. The van der Waals surface area contributed by atoms with E-state index >= 15 is 0 Å². The van der Waals surface area contributed by atoms with E-state index in [1.165, 1.54) is 36.4 Å². The van der Waals surface area contributed by atoms with Crippen molar-refractivity contribution >= 4 is 5.97 Å². The van der Waals surface area contributed by atoms with Crippen LogP contribution in [0.2, 0.25) is 0 Å². The average molecular weight is 329 g/mol. The van der Waals surface area contributed by atoms with Crippen LogP contribution < -0.4 is 0 Å². The van der Waals surface area contributed by atoms with Gasteiger partial charge in [-0.05, 0) is 36.4 Å². The Morgan fingerprint density at radius 3 is 2.46 bits per heavy atom. The standard InChI is InChI=1S/C18H13F2NO3/c19-13-6-4-11(5-7-13)17-18(12-2-1-3-14(20)10-12)24-15(21-17)8-9-16(22)23/h1-7,10H,8-9H2,(H,22,23). The minimum absolute atomic E-state index is 0.110. The van der Waals surface area contributed by atoms with Crippen LogP contribution in [0, 0.1) is 11.6 Å². The summed E-state index contributed by atoms with van der Waals surface area (Å²) >= 11 is 0. The first-order valence-electron chi connectivity index (χ1n) is 7.26. The Hall–Kier alpha value is -3.02. The highest BCUT2D eigenvalue weighted by atomic mass is 19.1. The topological polar surface area (TPSA) is 63.3 Å². The summed E-state index contributed by atoms with van der Waals surface area (Å²) in [5.74, 6) is -1.23. The van der Waals surface area contributed by atoms with Crippen LogP contribution in [-0.2, 0) is 11.2 Å². The van der Waals surface area contributed by atoms with Crippen molar-refractivity contribution < 1.29 is 23.1 Å². The Labute approximate surface area is 136 Å². The number of carbonyl (C=O) groups is 1. The number of carboxylic acids is 1. The molecule has 6 heteroatoms. The number of hydrogen-bond acceptors (Lipinski definition) is 3. The van der Waals surface area contributed by atoms with Gasteiger partial charge in [0, 0.05) is 17.5 Å². The van der Waals surface area contributed by atoms with Crippen LogP contribution in [0.15, 0.2) is 52.9 Å². The lowest BCUT2D eigenvalue weighted by atomic mass is 10.1. The maximum Gasteiger partial charge on any atom is 0.303 e. The van der Waals surface area contributed by atoms with Crippen LogP contribution in [0.4, 0.5) is 8.78 Å². The number of benzene rings is 2. The van der Waals surface area contributed by atoms with Gasteiger partial charge >= 0.3 is 5.97 Å². The molecule has 0 atom stereocenters. The zero-order valence-electron chi connectivity index (χ0n) is 12.5. The fourth-order valence-corrected chi connectivity index (χ4v) is 2.31. The van der Waals surface area contributed by atoms with Gasteiger partial charge in [-0.25, -0.2) is 13.8 Å². The van der Waals surface area contributed by atoms with E-state index < -0.39 is 11.8 Å². The lowest BCUT2D eigenvalue weighted by Gasteiger charge is -2.02. The second kappa shape index (κ2) is 6.62. The van der Waals surface area contributed by atoms with Crippen molar-refractivity contribution in [1.82, 2.24) is 4.98 Å². The summed E-state index contributed by atoms with van der Waals surface area (Å²) in [5.41, 5.74) is 1.49. The van der Waals surface area contributed by atoms with E-state index in [4.69, 9.17) is 9.52 Å². The van der Waals surface area contributed by atoms with Gasteiger partial charge in [0.2, 0.25) is 0 Å². The second-order valence-corrected chi connectivity index (χ2v) is 5.20. The molecule has 24 heavy (non-hydrogen) atoms. The first-order chi connectivity index (χ1) is 11.5. The van der Waals surface area contributed by atoms with Gasteiger partial charge in [0.05, 0.1) is 6.42 Å². The fraction of sp³-hybridized carbons (Fsp3) is 0.111. The summed E-state index contributed by atoms with van der Waals surface area (Å²) in [6, 6.07) is 11.5. The summed E-state index contributed by atoms with van der Waals surface area (Å²) in [4.78, 5) is 15.0. The summed E-state index contributed by atoms with van der Waals surface area (Å²) in [6.45, 7) is 0. The van der Waals surface area contributed by atoms with Gasteiger partial charge in [-0.2, -0.15) is 0 Å². The maximum absolute atomic E-state index is 13.5. The Kier molecular flexibility index (Phi) is 4.37. The molecular formula is C18H13F2NO3. The number of halogens is 2. The predicted octanol–water partition coefficient (Wildman–Crippen LogP) is 4.30. The number of carboxylic acid groups (broad SMARTS) is 1. The highest BCUT2D eigenvalue weighted by Crippen LogP contribution is 2.33. The van der Waals surface area contributed by atoms with Gasteiger partial charge in [0.25, 0.3) is 0 Å². The third-order valence-electron chi connectivity index (χ3n) is 3.43. The van der Waals surface area contributed by atoms with E-state index in [2.05, 4.69) is 4.98 Å². The Bertz CT molecular complexity index is 872. The van der Waals surface area contributed by atoms with Gasteiger partial charge in [-0.3, -0.25) is 4.79 Å². The molecule has 0 saturated carbocycles. The van der Waals surface area contributed by atoms with Crippen molar-refractivity contribution in [3.05, 3.63) is 66.1 Å².